The van der Waals surface area contributed by atoms with Crippen molar-refractivity contribution >= 4 is 33.2 Å². The highest BCUT2D eigenvalue weighted by Crippen LogP contribution is 2.25. The minimum absolute atomic E-state index is 0.0946. The molecule has 0 spiro atoms. The summed E-state index contributed by atoms with van der Waals surface area (Å²) in [5.41, 5.74) is 1.65. The Morgan fingerprint density at radius 3 is 2.55 bits per heavy atom. The molecule has 1 aromatic heterocycles. The van der Waals surface area contributed by atoms with Gasteiger partial charge in [0.05, 0.1) is 17.4 Å². The van der Waals surface area contributed by atoms with Crippen LogP contribution in [0.5, 0.6) is 0 Å². The van der Waals surface area contributed by atoms with E-state index in [4.69, 9.17) is 4.74 Å². The maximum Gasteiger partial charge on any atom is 0.350 e. The van der Waals surface area contributed by atoms with Crippen LogP contribution in [0, 0.1) is 19.8 Å². The Balaban J connectivity index is 1.82. The average molecular weight is 466 g/mol. The quantitative estimate of drug-likeness (QED) is 0.632. The Hall–Kier alpha value is -2.30. The van der Waals surface area contributed by atoms with E-state index in [0.717, 1.165) is 16.9 Å². The number of sulfonamides is 1. The van der Waals surface area contributed by atoms with Crippen molar-refractivity contribution in [2.75, 3.05) is 19.7 Å². The first-order chi connectivity index (χ1) is 14.6. The highest BCUT2D eigenvalue weighted by molar-refractivity contribution is 7.89. The van der Waals surface area contributed by atoms with Crippen molar-refractivity contribution in [3.8, 4) is 0 Å². The number of thiazole rings is 1. The van der Waals surface area contributed by atoms with Gasteiger partial charge in [-0.2, -0.15) is 9.30 Å². The lowest BCUT2D eigenvalue weighted by Crippen LogP contribution is -2.42. The molecule has 1 aliphatic heterocycles. The predicted molar refractivity (Wildman–Crippen MR) is 117 cm³/mol. The van der Waals surface area contributed by atoms with Gasteiger partial charge in [0.2, 0.25) is 10.0 Å². The molecule has 3 rings (SSSR count). The summed E-state index contributed by atoms with van der Waals surface area (Å²) in [6.07, 6.45) is 1.15. The lowest BCUT2D eigenvalue weighted by atomic mass is 9.99. The molecule has 31 heavy (non-hydrogen) atoms. The van der Waals surface area contributed by atoms with Gasteiger partial charge in [-0.1, -0.05) is 29.0 Å². The monoisotopic (exact) mass is 465 g/mol. The van der Waals surface area contributed by atoms with Gasteiger partial charge in [0.1, 0.15) is 4.88 Å². The number of carbonyl (C=O) groups excluding carboxylic acids is 2. The van der Waals surface area contributed by atoms with E-state index in [0.29, 0.717) is 34.8 Å². The van der Waals surface area contributed by atoms with E-state index >= 15 is 0 Å². The topological polar surface area (TPSA) is 98.0 Å². The molecule has 0 radical (unpaired) electrons. The van der Waals surface area contributed by atoms with E-state index in [2.05, 4.69) is 4.99 Å². The first kappa shape index (κ1) is 23.4. The summed E-state index contributed by atoms with van der Waals surface area (Å²) in [5.74, 6) is -1.35. The van der Waals surface area contributed by atoms with E-state index in [9.17, 15) is 18.0 Å². The summed E-state index contributed by atoms with van der Waals surface area (Å²) in [4.78, 5) is 30.2. The van der Waals surface area contributed by atoms with Gasteiger partial charge in [-0.15, -0.1) is 0 Å². The third-order valence-corrected chi connectivity index (χ3v) is 8.46. The summed E-state index contributed by atoms with van der Waals surface area (Å²) in [7, 11) is -1.94. The smallest absolute Gasteiger partial charge is 0.350 e. The van der Waals surface area contributed by atoms with Gasteiger partial charge < -0.3 is 9.30 Å². The van der Waals surface area contributed by atoms with Gasteiger partial charge in [0, 0.05) is 25.8 Å². The number of rotatable bonds is 5. The molecule has 1 atom stereocenters. The number of benzene rings is 1. The van der Waals surface area contributed by atoms with Gasteiger partial charge in [-0.3, -0.25) is 4.79 Å². The maximum absolute atomic E-state index is 13.0. The van der Waals surface area contributed by atoms with Crippen molar-refractivity contribution < 1.29 is 22.7 Å². The molecule has 0 aliphatic carbocycles. The number of hydrogen-bond donors (Lipinski definition) is 0. The molecule has 168 valence electrons. The van der Waals surface area contributed by atoms with Gasteiger partial charge in [0.15, 0.2) is 4.80 Å². The minimum atomic E-state index is -3.67. The Morgan fingerprint density at radius 1 is 1.23 bits per heavy atom. The van der Waals surface area contributed by atoms with Crippen molar-refractivity contribution in [2.24, 2.45) is 18.0 Å². The third kappa shape index (κ3) is 4.97. The normalized spacial score (nSPS) is 18.2. The van der Waals surface area contributed by atoms with Crippen LogP contribution in [-0.2, 0) is 26.6 Å². The van der Waals surface area contributed by atoms with Crippen LogP contribution in [0.2, 0.25) is 0 Å². The van der Waals surface area contributed by atoms with Gasteiger partial charge in [0.25, 0.3) is 5.91 Å². The Kier molecular flexibility index (Phi) is 7.13. The molecule has 1 aromatic carbocycles. The zero-order valence-corrected chi connectivity index (χ0v) is 19.8. The fraction of sp³-hybridized carbons (Fsp3) is 0.476. The molecule has 1 fully saturated rings. The molecule has 1 saturated heterocycles. The first-order valence-corrected chi connectivity index (χ1v) is 12.4. The Morgan fingerprint density at radius 2 is 1.90 bits per heavy atom. The average Bonchev–Trinajstić information content (AvgIpc) is 3.03. The molecule has 2 aromatic rings. The molecule has 2 heterocycles. The molecule has 8 nitrogen and oxygen atoms in total. The first-order valence-electron chi connectivity index (χ1n) is 10.1. The lowest BCUT2D eigenvalue weighted by molar-refractivity contribution is -0.122. The second kappa shape index (κ2) is 9.46. The molecule has 1 amide bonds. The van der Waals surface area contributed by atoms with E-state index in [1.54, 1.807) is 49.7 Å². The maximum atomic E-state index is 13.0. The molecular formula is C21H27N3O5S2. The highest BCUT2D eigenvalue weighted by Gasteiger charge is 2.33. The largest absolute Gasteiger partial charge is 0.462 e. The number of ether oxygens (including phenoxy) is 1. The second-order valence-electron chi connectivity index (χ2n) is 7.54. The summed E-state index contributed by atoms with van der Waals surface area (Å²) in [6, 6.07) is 6.70. The number of amides is 1. The van der Waals surface area contributed by atoms with Crippen LogP contribution in [0.3, 0.4) is 0 Å². The molecule has 0 saturated carbocycles. The van der Waals surface area contributed by atoms with Crippen LogP contribution in [-0.4, -0.2) is 48.9 Å². The SMILES string of the molecule is CCOC(=O)c1sc(=NC(=O)C2CCCN(S(=O)(=O)c3ccc(C)cc3)C2)n(C)c1C. The van der Waals surface area contributed by atoms with E-state index in [1.807, 2.05) is 6.92 Å². The number of carbonyl (C=O) groups is 2. The van der Waals surface area contributed by atoms with E-state index < -0.39 is 21.9 Å². The second-order valence-corrected chi connectivity index (χ2v) is 10.5. The zero-order chi connectivity index (χ0) is 22.8. The summed E-state index contributed by atoms with van der Waals surface area (Å²) < 4.78 is 34.1. The number of aromatic nitrogens is 1. The molecule has 10 heteroatoms. The zero-order valence-electron chi connectivity index (χ0n) is 18.1. The molecule has 0 N–H and O–H groups in total. The standard InChI is InChI=1S/C21H27N3O5S2/c1-5-29-20(26)18-15(3)23(4)21(30-18)22-19(25)16-7-6-12-24(13-16)31(27,28)17-10-8-14(2)9-11-17/h8-11,16H,5-7,12-13H2,1-4H3. The van der Waals surface area contributed by atoms with Crippen LogP contribution < -0.4 is 4.80 Å². The van der Waals surface area contributed by atoms with Crippen LogP contribution >= 0.6 is 11.3 Å². The van der Waals surface area contributed by atoms with E-state index in [-0.39, 0.29) is 24.0 Å². The molecular weight excluding hydrogens is 438 g/mol. The van der Waals surface area contributed by atoms with Crippen molar-refractivity contribution in [3.63, 3.8) is 0 Å². The highest BCUT2D eigenvalue weighted by atomic mass is 32.2. The third-order valence-electron chi connectivity index (χ3n) is 5.37. The van der Waals surface area contributed by atoms with Gasteiger partial charge in [-0.25, -0.2) is 13.2 Å². The Bertz CT molecular complexity index is 1150. The number of piperidine rings is 1. The fourth-order valence-electron chi connectivity index (χ4n) is 3.42. The predicted octanol–water partition coefficient (Wildman–Crippen LogP) is 2.41. The molecule has 0 bridgehead atoms. The van der Waals surface area contributed by atoms with Crippen molar-refractivity contribution in [2.45, 2.75) is 38.5 Å². The lowest BCUT2D eigenvalue weighted by Gasteiger charge is -2.30. The van der Waals surface area contributed by atoms with Crippen LogP contribution in [0.4, 0.5) is 0 Å². The van der Waals surface area contributed by atoms with Gasteiger partial charge >= 0.3 is 5.97 Å². The number of nitrogens with zero attached hydrogens (tertiary/aromatic N) is 3. The van der Waals surface area contributed by atoms with Crippen LogP contribution in [0.1, 0.15) is 40.7 Å². The minimum Gasteiger partial charge on any atom is -0.462 e. The summed E-state index contributed by atoms with van der Waals surface area (Å²) >= 11 is 1.10. The summed E-state index contributed by atoms with van der Waals surface area (Å²) in [5, 5.41) is 0. The van der Waals surface area contributed by atoms with Crippen LogP contribution in [0.25, 0.3) is 0 Å². The molecule has 1 aliphatic rings. The van der Waals surface area contributed by atoms with Crippen molar-refractivity contribution in [1.82, 2.24) is 8.87 Å². The Labute approximate surface area is 186 Å². The van der Waals surface area contributed by atoms with Crippen molar-refractivity contribution in [3.05, 3.63) is 45.2 Å². The van der Waals surface area contributed by atoms with E-state index in [1.165, 1.54) is 4.31 Å². The number of hydrogen-bond acceptors (Lipinski definition) is 6. The molecule has 1 unspecified atom stereocenters. The number of aryl methyl sites for hydroxylation is 1. The van der Waals surface area contributed by atoms with Crippen LogP contribution in [0.15, 0.2) is 34.2 Å². The van der Waals surface area contributed by atoms with Crippen molar-refractivity contribution in [1.29, 1.82) is 0 Å². The number of esters is 1. The fourth-order valence-corrected chi connectivity index (χ4v) is 5.96. The summed E-state index contributed by atoms with van der Waals surface area (Å²) in [6.45, 7) is 6.12. The van der Waals surface area contributed by atoms with Gasteiger partial charge in [-0.05, 0) is 45.7 Å².